The van der Waals surface area contributed by atoms with Gasteiger partial charge >= 0.3 is 0 Å². The molecule has 2 aliphatic carbocycles. The summed E-state index contributed by atoms with van der Waals surface area (Å²) in [4.78, 5) is 12.5. The van der Waals surface area contributed by atoms with Gasteiger partial charge in [0.2, 0.25) is 0 Å². The summed E-state index contributed by atoms with van der Waals surface area (Å²) >= 11 is 0. The molecular formula is C38H42O2. The Morgan fingerprint density at radius 2 is 1.48 bits per heavy atom. The Hall–Kier alpha value is -3.49. The molecule has 0 heterocycles. The standard InChI is InChI=1S/C38H42O2/c1-29(15-14-16-30(2)34-25-26-37(39)36-24-13-12-23-35(34)36)27-28-40-38(31-17-6-3-7-18-31,32-19-8-4-9-20-32)33-21-10-5-11-22-33/h3-12,14-15,17-23,27,30,34-36H,13,16,24-26,28H2,1-2H3/b15-14+,29-27+/t30-,34+,35+,36+/m0/s1. The Morgan fingerprint density at radius 1 is 0.900 bits per heavy atom. The second kappa shape index (κ2) is 13.2. The third-order valence-electron chi connectivity index (χ3n) is 8.96. The number of ether oxygens (including phenoxy) is 1. The lowest BCUT2D eigenvalue weighted by atomic mass is 9.63. The highest BCUT2D eigenvalue weighted by Gasteiger charge is 2.40. The monoisotopic (exact) mass is 530 g/mol. The van der Waals surface area contributed by atoms with E-state index in [1.807, 2.05) is 0 Å². The number of carbonyl (C=O) groups is 1. The van der Waals surface area contributed by atoms with Gasteiger partial charge in [-0.3, -0.25) is 4.79 Å². The van der Waals surface area contributed by atoms with Crippen LogP contribution in [0.4, 0.5) is 0 Å². The van der Waals surface area contributed by atoms with Crippen molar-refractivity contribution >= 4 is 5.78 Å². The highest BCUT2D eigenvalue weighted by Crippen LogP contribution is 2.43. The lowest BCUT2D eigenvalue weighted by Gasteiger charge is -2.40. The molecule has 0 bridgehead atoms. The Balaban J connectivity index is 1.30. The van der Waals surface area contributed by atoms with Crippen LogP contribution in [-0.2, 0) is 15.1 Å². The highest BCUT2D eigenvalue weighted by atomic mass is 16.5. The second-order valence-electron chi connectivity index (χ2n) is 11.5. The molecule has 0 amide bonds. The average molecular weight is 531 g/mol. The molecular weight excluding hydrogens is 488 g/mol. The summed E-state index contributed by atoms with van der Waals surface area (Å²) < 4.78 is 6.90. The van der Waals surface area contributed by atoms with Gasteiger partial charge in [0.05, 0.1) is 6.61 Å². The van der Waals surface area contributed by atoms with Gasteiger partial charge in [-0.05, 0) is 67.1 Å². The zero-order chi connectivity index (χ0) is 27.8. The van der Waals surface area contributed by atoms with E-state index >= 15 is 0 Å². The van der Waals surface area contributed by atoms with Gasteiger partial charge in [0, 0.05) is 12.3 Å². The third-order valence-corrected chi connectivity index (χ3v) is 8.96. The van der Waals surface area contributed by atoms with Crippen molar-refractivity contribution in [1.82, 2.24) is 0 Å². The summed E-state index contributed by atoms with van der Waals surface area (Å²) in [5.74, 6) is 2.34. The number of ketones is 1. The van der Waals surface area contributed by atoms with Crippen molar-refractivity contribution in [3.05, 3.63) is 144 Å². The molecule has 1 fully saturated rings. The van der Waals surface area contributed by atoms with Crippen molar-refractivity contribution in [1.29, 1.82) is 0 Å². The molecule has 2 nitrogen and oxygen atoms in total. The smallest absolute Gasteiger partial charge is 0.144 e. The molecule has 5 rings (SSSR count). The molecule has 3 aromatic rings. The van der Waals surface area contributed by atoms with E-state index in [0.717, 1.165) is 48.8 Å². The maximum absolute atomic E-state index is 12.5. The molecule has 2 aliphatic rings. The van der Waals surface area contributed by atoms with Crippen LogP contribution in [0.2, 0.25) is 0 Å². The van der Waals surface area contributed by atoms with Gasteiger partial charge in [-0.2, -0.15) is 0 Å². The highest BCUT2D eigenvalue weighted by molar-refractivity contribution is 5.82. The second-order valence-corrected chi connectivity index (χ2v) is 11.5. The van der Waals surface area contributed by atoms with Crippen LogP contribution in [0.15, 0.2) is 127 Å². The third kappa shape index (κ3) is 6.13. The van der Waals surface area contributed by atoms with Crippen molar-refractivity contribution in [3.63, 3.8) is 0 Å². The molecule has 40 heavy (non-hydrogen) atoms. The largest absolute Gasteiger partial charge is 0.357 e. The maximum Gasteiger partial charge on any atom is 0.144 e. The molecule has 0 saturated heterocycles. The molecule has 0 radical (unpaired) electrons. The van der Waals surface area contributed by atoms with Crippen molar-refractivity contribution in [3.8, 4) is 0 Å². The van der Waals surface area contributed by atoms with Gasteiger partial charge in [-0.1, -0.05) is 134 Å². The molecule has 0 spiro atoms. The lowest BCUT2D eigenvalue weighted by Crippen LogP contribution is -2.38. The van der Waals surface area contributed by atoms with E-state index in [-0.39, 0.29) is 5.92 Å². The van der Waals surface area contributed by atoms with Gasteiger partial charge in [-0.15, -0.1) is 0 Å². The van der Waals surface area contributed by atoms with Crippen LogP contribution < -0.4 is 0 Å². The fraction of sp³-hybridized carbons (Fsp3) is 0.342. The van der Waals surface area contributed by atoms with E-state index < -0.39 is 5.60 Å². The number of benzene rings is 3. The quantitative estimate of drug-likeness (QED) is 0.148. The Bertz CT molecular complexity index is 1220. The molecule has 1 saturated carbocycles. The molecule has 0 unspecified atom stereocenters. The van der Waals surface area contributed by atoms with Crippen LogP contribution in [0.25, 0.3) is 0 Å². The normalized spacial score (nSPS) is 22.3. The van der Waals surface area contributed by atoms with E-state index in [2.05, 4.69) is 135 Å². The summed E-state index contributed by atoms with van der Waals surface area (Å²) in [6.45, 7) is 5.00. The fourth-order valence-electron chi connectivity index (χ4n) is 6.80. The van der Waals surface area contributed by atoms with Crippen LogP contribution in [0, 0.1) is 23.7 Å². The minimum absolute atomic E-state index is 0.257. The van der Waals surface area contributed by atoms with Crippen molar-refractivity contribution in [2.45, 2.75) is 51.6 Å². The van der Waals surface area contributed by atoms with Gasteiger partial charge in [0.1, 0.15) is 11.4 Å². The molecule has 0 aromatic heterocycles. The van der Waals surface area contributed by atoms with E-state index in [9.17, 15) is 4.79 Å². The number of hydrogen-bond acceptors (Lipinski definition) is 2. The maximum atomic E-state index is 12.5. The van der Waals surface area contributed by atoms with Crippen LogP contribution in [0.5, 0.6) is 0 Å². The minimum Gasteiger partial charge on any atom is -0.357 e. The van der Waals surface area contributed by atoms with E-state index in [4.69, 9.17) is 4.74 Å². The molecule has 206 valence electrons. The molecule has 0 N–H and O–H groups in total. The first-order valence-electron chi connectivity index (χ1n) is 14.9. The molecule has 0 aliphatic heterocycles. The Kier molecular flexibility index (Phi) is 9.29. The molecule has 2 heteroatoms. The first kappa shape index (κ1) is 28.1. The summed E-state index contributed by atoms with van der Waals surface area (Å²) in [5.41, 5.74) is 3.84. The van der Waals surface area contributed by atoms with Gasteiger partial charge < -0.3 is 4.74 Å². The van der Waals surface area contributed by atoms with Crippen molar-refractivity contribution in [2.75, 3.05) is 6.61 Å². The van der Waals surface area contributed by atoms with Gasteiger partial charge in [0.15, 0.2) is 0 Å². The number of allylic oxidation sites excluding steroid dienone is 5. The summed E-state index contributed by atoms with van der Waals surface area (Å²) in [7, 11) is 0. The van der Waals surface area contributed by atoms with E-state index in [1.165, 1.54) is 5.57 Å². The van der Waals surface area contributed by atoms with Crippen molar-refractivity contribution in [2.24, 2.45) is 23.7 Å². The lowest BCUT2D eigenvalue weighted by molar-refractivity contribution is -0.128. The number of hydrogen-bond donors (Lipinski definition) is 0. The summed E-state index contributed by atoms with van der Waals surface area (Å²) in [6, 6.07) is 31.6. The fourth-order valence-corrected chi connectivity index (χ4v) is 6.80. The predicted molar refractivity (Wildman–Crippen MR) is 165 cm³/mol. The van der Waals surface area contributed by atoms with E-state index in [1.54, 1.807) is 0 Å². The molecule has 4 atom stereocenters. The zero-order valence-corrected chi connectivity index (χ0v) is 23.9. The predicted octanol–water partition coefficient (Wildman–Crippen LogP) is 9.09. The number of Topliss-reactive ketones (excluding diaryl/α,β-unsaturated/α-hetero) is 1. The number of carbonyl (C=O) groups excluding carboxylic acids is 1. The first-order chi connectivity index (χ1) is 19.6. The number of fused-ring (bicyclic) bond motifs is 1. The zero-order valence-electron chi connectivity index (χ0n) is 23.9. The van der Waals surface area contributed by atoms with Crippen LogP contribution in [0.1, 0.15) is 62.6 Å². The average Bonchev–Trinajstić information content (AvgIpc) is 3.01. The van der Waals surface area contributed by atoms with Crippen LogP contribution in [0.3, 0.4) is 0 Å². The van der Waals surface area contributed by atoms with Crippen LogP contribution in [-0.4, -0.2) is 12.4 Å². The van der Waals surface area contributed by atoms with Crippen molar-refractivity contribution < 1.29 is 9.53 Å². The Labute approximate surface area is 240 Å². The Morgan fingerprint density at radius 3 is 2.05 bits per heavy atom. The van der Waals surface area contributed by atoms with E-state index in [0.29, 0.717) is 30.1 Å². The SMILES string of the molecule is CC(/C=C/C[C@H](C)[C@H]1CCC(=O)[C@@H]2CCC=C[C@H]12)=C\COC(c1ccccc1)(c1ccccc1)c1ccccc1. The minimum atomic E-state index is -0.707. The summed E-state index contributed by atoms with van der Waals surface area (Å²) in [6.07, 6.45) is 16.3. The topological polar surface area (TPSA) is 26.3 Å². The molecule has 3 aromatic carbocycles. The summed E-state index contributed by atoms with van der Waals surface area (Å²) in [5, 5.41) is 0. The number of rotatable bonds is 10. The van der Waals surface area contributed by atoms with Gasteiger partial charge in [0.25, 0.3) is 0 Å². The van der Waals surface area contributed by atoms with Gasteiger partial charge in [-0.25, -0.2) is 0 Å². The first-order valence-corrected chi connectivity index (χ1v) is 14.9. The van der Waals surface area contributed by atoms with Crippen LogP contribution >= 0.6 is 0 Å².